The smallest absolute Gasteiger partial charge is 0.489 e. The van der Waals surface area contributed by atoms with Crippen LogP contribution in [0.25, 0.3) is 10.9 Å². The Morgan fingerprint density at radius 2 is 1.76 bits per heavy atom. The number of hydrogen-bond acceptors (Lipinski definition) is 4. The van der Waals surface area contributed by atoms with E-state index in [1.54, 1.807) is 6.07 Å². The molecule has 0 spiro atoms. The summed E-state index contributed by atoms with van der Waals surface area (Å²) >= 11 is 0. The van der Waals surface area contributed by atoms with Gasteiger partial charge in [-0.15, -0.1) is 0 Å². The highest BCUT2D eigenvalue weighted by atomic mass is 16.7. The lowest BCUT2D eigenvalue weighted by atomic mass is 9.76. The molecule has 0 bridgehead atoms. The quantitative estimate of drug-likeness (QED) is 0.529. The lowest BCUT2D eigenvalue weighted by Gasteiger charge is -2.32. The fourth-order valence-corrected chi connectivity index (χ4v) is 4.16. The minimum Gasteiger partial charge on any atom is -0.489 e. The maximum atomic E-state index is 11.2. The predicted octanol–water partition coefficient (Wildman–Crippen LogP) is 4.73. The molecule has 1 N–H and O–H groups in total. The van der Waals surface area contributed by atoms with Crippen molar-refractivity contribution in [2.75, 3.05) is 0 Å². The molecule has 2 aromatic carbocycles. The number of hydrogen-bond donors (Lipinski definition) is 1. The number of carboxylic acid groups (broad SMARTS) is 1. The van der Waals surface area contributed by atoms with Gasteiger partial charge in [0.1, 0.15) is 12.4 Å². The van der Waals surface area contributed by atoms with Gasteiger partial charge in [-0.05, 0) is 76.2 Å². The summed E-state index contributed by atoms with van der Waals surface area (Å²) in [4.78, 5) is 11.2. The third-order valence-corrected chi connectivity index (χ3v) is 6.70. The van der Waals surface area contributed by atoms with Gasteiger partial charge in [-0.25, -0.2) is 0 Å². The lowest BCUT2D eigenvalue weighted by molar-refractivity contribution is -0.136. The number of aromatic nitrogens is 1. The Morgan fingerprint density at radius 1 is 1.09 bits per heavy atom. The molecule has 0 atom stereocenters. The molecule has 6 nitrogen and oxygen atoms in total. The van der Waals surface area contributed by atoms with Gasteiger partial charge in [0.25, 0.3) is 0 Å². The molecule has 33 heavy (non-hydrogen) atoms. The minimum atomic E-state index is -0.884. The predicted molar refractivity (Wildman–Crippen MR) is 130 cm³/mol. The summed E-state index contributed by atoms with van der Waals surface area (Å²) in [6.45, 7) is 12.8. The molecule has 3 aromatic rings. The van der Waals surface area contributed by atoms with Gasteiger partial charge in [0.2, 0.25) is 0 Å². The summed E-state index contributed by atoms with van der Waals surface area (Å²) in [6.07, 6.45) is 2.02. The van der Waals surface area contributed by atoms with E-state index in [1.165, 1.54) is 0 Å². The molecule has 1 aromatic heterocycles. The number of nitrogens with zero attached hydrogens (tertiary/aromatic N) is 1. The monoisotopic (exact) mass is 449 g/mol. The fraction of sp³-hybridized carbons (Fsp3) is 0.423. The van der Waals surface area contributed by atoms with Gasteiger partial charge in [0.05, 0.1) is 17.6 Å². The van der Waals surface area contributed by atoms with E-state index in [2.05, 4.69) is 70.5 Å². The summed E-state index contributed by atoms with van der Waals surface area (Å²) in [5.74, 6) is -0.304. The Balaban J connectivity index is 1.71. The van der Waals surface area contributed by atoms with Crippen molar-refractivity contribution < 1.29 is 23.9 Å². The third-order valence-electron chi connectivity index (χ3n) is 6.70. The van der Waals surface area contributed by atoms with Crippen LogP contribution in [-0.4, -0.2) is 34.0 Å². The van der Waals surface area contributed by atoms with Crippen molar-refractivity contribution >= 4 is 29.5 Å². The zero-order valence-electron chi connectivity index (χ0n) is 20.2. The van der Waals surface area contributed by atoms with E-state index in [0.717, 1.165) is 21.9 Å². The topological polar surface area (TPSA) is 69.9 Å². The molecule has 1 saturated heterocycles. The van der Waals surface area contributed by atoms with Crippen LogP contribution < -0.4 is 10.2 Å². The van der Waals surface area contributed by atoms with Crippen molar-refractivity contribution in [3.05, 3.63) is 59.8 Å². The van der Waals surface area contributed by atoms with Crippen molar-refractivity contribution in [1.29, 1.82) is 0 Å². The lowest BCUT2D eigenvalue weighted by Crippen LogP contribution is -2.41. The van der Waals surface area contributed by atoms with Gasteiger partial charge in [-0.1, -0.05) is 24.3 Å². The molecule has 2 heterocycles. The van der Waals surface area contributed by atoms with E-state index in [0.29, 0.717) is 24.0 Å². The van der Waals surface area contributed by atoms with Gasteiger partial charge < -0.3 is 23.7 Å². The van der Waals surface area contributed by atoms with E-state index in [1.807, 2.05) is 18.2 Å². The molecule has 1 fully saturated rings. The van der Waals surface area contributed by atoms with Crippen molar-refractivity contribution in [2.45, 2.75) is 71.8 Å². The Hall–Kier alpha value is -2.77. The van der Waals surface area contributed by atoms with E-state index >= 15 is 0 Å². The van der Waals surface area contributed by atoms with Crippen LogP contribution in [0.4, 0.5) is 0 Å². The Bertz CT molecular complexity index is 1160. The van der Waals surface area contributed by atoms with Crippen molar-refractivity contribution in [2.24, 2.45) is 0 Å². The Kier molecular flexibility index (Phi) is 6.06. The summed E-state index contributed by atoms with van der Waals surface area (Å²) in [5, 5.41) is 10.3. The molecule has 0 saturated carbocycles. The summed E-state index contributed by atoms with van der Waals surface area (Å²) in [7, 11) is -0.486. The van der Waals surface area contributed by atoms with E-state index in [-0.39, 0.29) is 6.42 Å². The average molecular weight is 449 g/mol. The first-order valence-corrected chi connectivity index (χ1v) is 11.4. The Morgan fingerprint density at radius 3 is 2.39 bits per heavy atom. The summed E-state index contributed by atoms with van der Waals surface area (Å²) in [6, 6.07) is 13.9. The van der Waals surface area contributed by atoms with Crippen LogP contribution in [-0.2, 0) is 27.1 Å². The summed E-state index contributed by atoms with van der Waals surface area (Å²) in [5.41, 5.74) is 2.82. The first-order valence-electron chi connectivity index (χ1n) is 11.4. The fourth-order valence-electron chi connectivity index (χ4n) is 4.16. The molecule has 0 unspecified atom stereocenters. The highest BCUT2D eigenvalue weighted by Gasteiger charge is 2.52. The normalized spacial score (nSPS) is 17.1. The van der Waals surface area contributed by atoms with Crippen molar-refractivity contribution in [3.63, 3.8) is 0 Å². The van der Waals surface area contributed by atoms with E-state index in [4.69, 9.17) is 14.0 Å². The first-order chi connectivity index (χ1) is 15.5. The number of rotatable bonds is 7. The summed E-state index contributed by atoms with van der Waals surface area (Å²) < 4.78 is 21.1. The molecule has 7 heteroatoms. The number of ether oxygens (including phenoxy) is 1. The highest BCUT2D eigenvalue weighted by Crippen LogP contribution is 2.37. The molecule has 0 amide bonds. The largest absolute Gasteiger partial charge is 0.495 e. The van der Waals surface area contributed by atoms with Crippen LogP contribution >= 0.6 is 0 Å². The second-order valence-electron chi connectivity index (χ2n) is 9.99. The minimum absolute atomic E-state index is 0.0788. The third kappa shape index (κ3) is 4.52. The molecular formula is C26H32BNO5. The molecule has 0 radical (unpaired) electrons. The van der Waals surface area contributed by atoms with Gasteiger partial charge in [0.15, 0.2) is 0 Å². The van der Waals surface area contributed by atoms with Crippen LogP contribution in [0.1, 0.15) is 58.7 Å². The Labute approximate surface area is 195 Å². The standard InChI is InChI=1S/C26H32BNO5/c1-17(2)28-12-11-20-21(27-32-25(3,4)26(5,6)33-27)13-18(14-22(20)28)16-31-23-10-8-7-9-19(23)15-24(29)30/h7-14,17H,15-16H2,1-6H3,(H,29,30). The van der Waals surface area contributed by atoms with Crippen LogP contribution in [0.3, 0.4) is 0 Å². The molecule has 1 aliphatic heterocycles. The number of carboxylic acids is 1. The van der Waals surface area contributed by atoms with Gasteiger partial charge in [-0.2, -0.15) is 0 Å². The second kappa shape index (κ2) is 8.54. The van der Waals surface area contributed by atoms with Gasteiger partial charge in [-0.3, -0.25) is 4.79 Å². The van der Waals surface area contributed by atoms with Gasteiger partial charge in [0, 0.05) is 23.3 Å². The van der Waals surface area contributed by atoms with Crippen molar-refractivity contribution in [1.82, 2.24) is 4.57 Å². The van der Waals surface area contributed by atoms with Crippen LogP contribution in [0, 0.1) is 0 Å². The molecule has 1 aliphatic rings. The van der Waals surface area contributed by atoms with Crippen molar-refractivity contribution in [3.8, 4) is 5.75 Å². The first kappa shape index (κ1) is 23.4. The maximum Gasteiger partial charge on any atom is 0.495 e. The zero-order chi connectivity index (χ0) is 24.0. The van der Waals surface area contributed by atoms with E-state index < -0.39 is 24.3 Å². The molecular weight excluding hydrogens is 417 g/mol. The molecule has 4 rings (SSSR count). The zero-order valence-corrected chi connectivity index (χ0v) is 20.2. The maximum absolute atomic E-state index is 11.2. The second-order valence-corrected chi connectivity index (χ2v) is 9.99. The van der Waals surface area contributed by atoms with Gasteiger partial charge >= 0.3 is 13.1 Å². The number of fused-ring (bicyclic) bond motifs is 1. The highest BCUT2D eigenvalue weighted by molar-refractivity contribution is 6.65. The number of para-hydroxylation sites is 1. The average Bonchev–Trinajstić information content (AvgIpc) is 3.24. The van der Waals surface area contributed by atoms with Crippen LogP contribution in [0.2, 0.25) is 0 Å². The molecule has 0 aliphatic carbocycles. The number of benzene rings is 2. The number of aliphatic carboxylic acids is 1. The SMILES string of the molecule is CC(C)n1ccc2c(B3OC(C)(C)C(C)(C)O3)cc(COc3ccccc3CC(=O)O)cc21. The van der Waals surface area contributed by atoms with E-state index in [9.17, 15) is 9.90 Å². The van der Waals surface area contributed by atoms with Crippen LogP contribution in [0.5, 0.6) is 5.75 Å². The van der Waals surface area contributed by atoms with Crippen LogP contribution in [0.15, 0.2) is 48.7 Å². The molecule has 174 valence electrons. The number of carbonyl (C=O) groups is 1.